The minimum Gasteiger partial charge on any atom is -0.375 e. The largest absolute Gasteiger partial charge is 0.375 e. The number of nitrogens with one attached hydrogen (secondary N) is 1. The van der Waals surface area contributed by atoms with Crippen molar-refractivity contribution >= 4 is 28.2 Å². The van der Waals surface area contributed by atoms with Gasteiger partial charge < -0.3 is 10.4 Å². The van der Waals surface area contributed by atoms with Crippen molar-refractivity contribution in [2.45, 2.75) is 12.0 Å². The molecule has 3 aromatic carbocycles. The summed E-state index contributed by atoms with van der Waals surface area (Å²) in [6.07, 6.45) is -0.455. The number of rotatable bonds is 3. The van der Waals surface area contributed by atoms with Crippen molar-refractivity contribution < 1.29 is 19.1 Å². The normalized spacial score (nSPS) is 18.9. The molecule has 0 aliphatic carbocycles. The summed E-state index contributed by atoms with van der Waals surface area (Å²) < 4.78 is 13.6. The average molecular weight is 335 g/mol. The Morgan fingerprint density at radius 1 is 1.08 bits per heavy atom. The number of ketones is 1. The number of Topliss-reactive ketones (excluding diaryl/α,β-unsaturated/α-hetero) is 1. The third-order valence-corrected chi connectivity index (χ3v) is 4.56. The Kier molecular flexibility index (Phi) is 3.40. The predicted molar refractivity (Wildman–Crippen MR) is 91.8 cm³/mol. The van der Waals surface area contributed by atoms with Crippen molar-refractivity contribution in [1.82, 2.24) is 0 Å². The van der Waals surface area contributed by atoms with E-state index in [1.54, 1.807) is 12.1 Å². The van der Waals surface area contributed by atoms with Gasteiger partial charge in [-0.25, -0.2) is 4.39 Å². The average Bonchev–Trinajstić information content (AvgIpc) is 2.85. The molecule has 2 N–H and O–H groups in total. The van der Waals surface area contributed by atoms with Crippen LogP contribution in [0.4, 0.5) is 10.1 Å². The molecule has 1 atom stereocenters. The Balaban J connectivity index is 1.76. The summed E-state index contributed by atoms with van der Waals surface area (Å²) in [6, 6.07) is 16.3. The summed E-state index contributed by atoms with van der Waals surface area (Å²) in [5.74, 6) is -1.68. The third-order valence-electron chi connectivity index (χ3n) is 4.56. The van der Waals surface area contributed by atoms with E-state index in [0.29, 0.717) is 11.3 Å². The minimum atomic E-state index is -2.08. The van der Waals surface area contributed by atoms with Crippen LogP contribution in [0.2, 0.25) is 0 Å². The van der Waals surface area contributed by atoms with Gasteiger partial charge in [0.15, 0.2) is 11.4 Å². The van der Waals surface area contributed by atoms with Crippen LogP contribution in [-0.2, 0) is 10.4 Å². The zero-order valence-electron chi connectivity index (χ0n) is 13.1. The third kappa shape index (κ3) is 2.40. The van der Waals surface area contributed by atoms with Crippen molar-refractivity contribution in [3.63, 3.8) is 0 Å². The smallest absolute Gasteiger partial charge is 0.261 e. The van der Waals surface area contributed by atoms with Gasteiger partial charge in [0, 0.05) is 16.8 Å². The van der Waals surface area contributed by atoms with Crippen molar-refractivity contribution in [3.05, 3.63) is 77.6 Å². The van der Waals surface area contributed by atoms with Crippen LogP contribution < -0.4 is 5.32 Å². The van der Waals surface area contributed by atoms with Gasteiger partial charge in [-0.3, -0.25) is 9.59 Å². The van der Waals surface area contributed by atoms with E-state index in [0.717, 1.165) is 16.8 Å². The maximum absolute atomic E-state index is 13.6. The van der Waals surface area contributed by atoms with E-state index in [-0.39, 0.29) is 11.3 Å². The van der Waals surface area contributed by atoms with Crippen molar-refractivity contribution in [1.29, 1.82) is 0 Å². The maximum Gasteiger partial charge on any atom is 0.261 e. The lowest BCUT2D eigenvalue weighted by atomic mass is 9.87. The van der Waals surface area contributed by atoms with Gasteiger partial charge in [0.2, 0.25) is 0 Å². The van der Waals surface area contributed by atoms with Gasteiger partial charge in [0.05, 0.1) is 6.42 Å². The molecule has 0 unspecified atom stereocenters. The first-order chi connectivity index (χ1) is 12.0. The number of aliphatic hydroxyl groups is 1. The minimum absolute atomic E-state index is 0.0890. The standard InChI is InChI=1S/C20H14FNO3/c21-13-8-9-17-16(10-13)20(25,19(24)22-17)11-18(23)15-7-3-5-12-4-1-2-6-14(12)15/h1-10,25H,11H2,(H,22,24)/t20-/m1/s1. The molecule has 0 radical (unpaired) electrons. The highest BCUT2D eigenvalue weighted by Crippen LogP contribution is 2.39. The molecule has 1 aliphatic rings. The van der Waals surface area contributed by atoms with Crippen LogP contribution in [0.25, 0.3) is 10.8 Å². The summed E-state index contributed by atoms with van der Waals surface area (Å²) in [5.41, 5.74) is -1.25. The first-order valence-corrected chi connectivity index (χ1v) is 7.84. The monoisotopic (exact) mass is 335 g/mol. The molecule has 0 saturated heterocycles. The fraction of sp³-hybridized carbons (Fsp3) is 0.100. The SMILES string of the molecule is O=C(C[C@]1(O)C(=O)Nc2ccc(F)cc21)c1cccc2ccccc12. The molecule has 5 heteroatoms. The molecule has 1 heterocycles. The quantitative estimate of drug-likeness (QED) is 0.721. The molecule has 1 aliphatic heterocycles. The van der Waals surface area contributed by atoms with E-state index in [9.17, 15) is 19.1 Å². The highest BCUT2D eigenvalue weighted by Gasteiger charge is 2.47. The van der Waals surface area contributed by atoms with Crippen LogP contribution in [0.5, 0.6) is 0 Å². The predicted octanol–water partition coefficient (Wildman–Crippen LogP) is 3.39. The summed E-state index contributed by atoms with van der Waals surface area (Å²) >= 11 is 0. The molecule has 3 aromatic rings. The number of hydrogen-bond acceptors (Lipinski definition) is 3. The molecule has 124 valence electrons. The number of carbonyl (C=O) groups is 2. The van der Waals surface area contributed by atoms with Crippen LogP contribution >= 0.6 is 0 Å². The second-order valence-corrected chi connectivity index (χ2v) is 6.13. The molecule has 0 fully saturated rings. The molecule has 1 amide bonds. The summed E-state index contributed by atoms with van der Waals surface area (Å²) in [4.78, 5) is 25.1. The first-order valence-electron chi connectivity index (χ1n) is 7.84. The molecule has 0 aromatic heterocycles. The van der Waals surface area contributed by atoms with E-state index in [2.05, 4.69) is 5.32 Å². The lowest BCUT2D eigenvalue weighted by Gasteiger charge is -2.20. The van der Waals surface area contributed by atoms with Gasteiger partial charge in [0.1, 0.15) is 5.82 Å². The van der Waals surface area contributed by atoms with Gasteiger partial charge in [-0.1, -0.05) is 42.5 Å². The molecule has 4 rings (SSSR count). The second-order valence-electron chi connectivity index (χ2n) is 6.13. The van der Waals surface area contributed by atoms with Crippen LogP contribution in [-0.4, -0.2) is 16.8 Å². The molecule has 4 nitrogen and oxygen atoms in total. The van der Waals surface area contributed by atoms with E-state index < -0.39 is 23.7 Å². The summed E-state index contributed by atoms with van der Waals surface area (Å²) in [6.45, 7) is 0. The number of halogens is 1. The number of hydrogen-bond donors (Lipinski definition) is 2. The molecule has 0 spiro atoms. The molecule has 25 heavy (non-hydrogen) atoms. The van der Waals surface area contributed by atoms with E-state index in [1.807, 2.05) is 30.3 Å². The van der Waals surface area contributed by atoms with E-state index in [4.69, 9.17) is 0 Å². The van der Waals surface area contributed by atoms with Gasteiger partial charge in [-0.05, 0) is 29.0 Å². The number of amides is 1. The topological polar surface area (TPSA) is 66.4 Å². The Labute approximate surface area is 142 Å². The zero-order valence-corrected chi connectivity index (χ0v) is 13.1. The number of fused-ring (bicyclic) bond motifs is 2. The lowest BCUT2D eigenvalue weighted by Crippen LogP contribution is -2.36. The lowest BCUT2D eigenvalue weighted by molar-refractivity contribution is -0.133. The Morgan fingerprint density at radius 3 is 2.68 bits per heavy atom. The second kappa shape index (κ2) is 5.50. The Hall–Kier alpha value is -3.05. The molecular weight excluding hydrogens is 321 g/mol. The van der Waals surface area contributed by atoms with Crippen LogP contribution in [0.1, 0.15) is 22.3 Å². The summed E-state index contributed by atoms with van der Waals surface area (Å²) in [5, 5.41) is 15.0. The highest BCUT2D eigenvalue weighted by atomic mass is 19.1. The fourth-order valence-corrected chi connectivity index (χ4v) is 3.29. The van der Waals surface area contributed by atoms with Gasteiger partial charge in [0.25, 0.3) is 5.91 Å². The molecule has 0 bridgehead atoms. The van der Waals surface area contributed by atoms with Gasteiger partial charge >= 0.3 is 0 Å². The molecule has 0 saturated carbocycles. The van der Waals surface area contributed by atoms with Crippen molar-refractivity contribution in [2.24, 2.45) is 0 Å². The Bertz CT molecular complexity index is 1030. The maximum atomic E-state index is 13.6. The fourth-order valence-electron chi connectivity index (χ4n) is 3.29. The van der Waals surface area contributed by atoms with Crippen molar-refractivity contribution in [2.75, 3.05) is 5.32 Å². The van der Waals surface area contributed by atoms with E-state index >= 15 is 0 Å². The van der Waals surface area contributed by atoms with Crippen LogP contribution in [0.3, 0.4) is 0 Å². The zero-order chi connectivity index (χ0) is 17.6. The highest BCUT2D eigenvalue weighted by molar-refractivity contribution is 6.13. The number of anilines is 1. The van der Waals surface area contributed by atoms with E-state index in [1.165, 1.54) is 12.1 Å². The Morgan fingerprint density at radius 2 is 1.84 bits per heavy atom. The van der Waals surface area contributed by atoms with Gasteiger partial charge in [-0.15, -0.1) is 0 Å². The number of benzene rings is 3. The first kappa shape index (κ1) is 15.5. The number of carbonyl (C=O) groups excluding carboxylic acids is 2. The summed E-state index contributed by atoms with van der Waals surface area (Å²) in [7, 11) is 0. The van der Waals surface area contributed by atoms with Crippen molar-refractivity contribution in [3.8, 4) is 0 Å². The van der Waals surface area contributed by atoms with Crippen LogP contribution in [0.15, 0.2) is 60.7 Å². The molecular formula is C20H14FNO3. The van der Waals surface area contributed by atoms with Crippen LogP contribution in [0, 0.1) is 5.82 Å². The van der Waals surface area contributed by atoms with Gasteiger partial charge in [-0.2, -0.15) is 0 Å².